The lowest BCUT2D eigenvalue weighted by atomic mass is 9.95. The molecule has 1 heterocycles. The molecule has 0 aliphatic carbocycles. The van der Waals surface area contributed by atoms with Crippen LogP contribution in [0.5, 0.6) is 0 Å². The second-order valence-electron chi connectivity index (χ2n) is 5.24. The number of hydrogen-bond acceptors (Lipinski definition) is 4. The molecule has 1 N–H and O–H groups in total. The molecule has 0 saturated carbocycles. The molecule has 7 heteroatoms. The molecule has 1 aliphatic rings. The van der Waals surface area contributed by atoms with E-state index < -0.39 is 15.6 Å². The molecule has 21 heavy (non-hydrogen) atoms. The molecule has 1 fully saturated rings. The van der Waals surface area contributed by atoms with E-state index in [1.807, 2.05) is 4.90 Å². The number of rotatable bonds is 5. The smallest absolute Gasteiger partial charge is 0.341 e. The Labute approximate surface area is 123 Å². The van der Waals surface area contributed by atoms with Gasteiger partial charge in [0.2, 0.25) is 9.84 Å². The molecule has 1 aromatic rings. The monoisotopic (exact) mass is 319 g/mol. The van der Waals surface area contributed by atoms with Gasteiger partial charge in [-0.05, 0) is 37.3 Å². The molecular weight excluding hydrogens is 300 g/mol. The number of nitrogens with zero attached hydrogens (tertiary/aromatic N) is 1. The molecule has 1 atom stereocenters. The SMILES string of the molecule is O=S(=O)(c1ccccc1N1CCCC(CCO)C1)C(F)F. The number of sulfone groups is 1. The van der Waals surface area contributed by atoms with Crippen molar-refractivity contribution >= 4 is 15.5 Å². The van der Waals surface area contributed by atoms with Crippen LogP contribution in [0.3, 0.4) is 0 Å². The van der Waals surface area contributed by atoms with E-state index in [9.17, 15) is 17.2 Å². The summed E-state index contributed by atoms with van der Waals surface area (Å²) in [6.07, 6.45) is 2.45. The van der Waals surface area contributed by atoms with Crippen LogP contribution in [0.1, 0.15) is 19.3 Å². The Balaban J connectivity index is 2.32. The van der Waals surface area contributed by atoms with Crippen LogP contribution in [0.15, 0.2) is 29.2 Å². The summed E-state index contributed by atoms with van der Waals surface area (Å²) < 4.78 is 49.2. The maximum absolute atomic E-state index is 12.8. The highest BCUT2D eigenvalue weighted by Crippen LogP contribution is 2.32. The number of aliphatic hydroxyl groups is 1. The van der Waals surface area contributed by atoms with Crippen LogP contribution in [0, 0.1) is 5.92 Å². The summed E-state index contributed by atoms with van der Waals surface area (Å²) in [6.45, 7) is 1.30. The van der Waals surface area contributed by atoms with Gasteiger partial charge in [0.15, 0.2) is 0 Å². The number of benzene rings is 1. The quantitative estimate of drug-likeness (QED) is 0.904. The van der Waals surface area contributed by atoms with Gasteiger partial charge < -0.3 is 10.0 Å². The third-order valence-electron chi connectivity index (χ3n) is 3.80. The molecule has 0 spiro atoms. The molecule has 1 unspecified atom stereocenters. The Bertz CT molecular complexity index is 575. The van der Waals surface area contributed by atoms with Crippen LogP contribution >= 0.6 is 0 Å². The van der Waals surface area contributed by atoms with E-state index in [4.69, 9.17) is 5.11 Å². The zero-order valence-electron chi connectivity index (χ0n) is 11.6. The number of piperidine rings is 1. The lowest BCUT2D eigenvalue weighted by Gasteiger charge is -2.35. The van der Waals surface area contributed by atoms with Crippen LogP contribution in [0.2, 0.25) is 0 Å². The maximum atomic E-state index is 12.8. The molecule has 118 valence electrons. The summed E-state index contributed by atoms with van der Waals surface area (Å²) in [5.41, 5.74) is 0.334. The highest BCUT2D eigenvalue weighted by Gasteiger charge is 2.31. The normalized spacial score (nSPS) is 20.0. The van der Waals surface area contributed by atoms with Crippen molar-refractivity contribution in [1.82, 2.24) is 0 Å². The molecule has 1 saturated heterocycles. The van der Waals surface area contributed by atoms with Gasteiger partial charge in [-0.1, -0.05) is 12.1 Å². The topological polar surface area (TPSA) is 57.6 Å². The van der Waals surface area contributed by atoms with Gasteiger partial charge in [0.05, 0.1) is 10.6 Å². The molecule has 0 bridgehead atoms. The number of halogens is 2. The zero-order valence-corrected chi connectivity index (χ0v) is 12.4. The number of hydrogen-bond donors (Lipinski definition) is 1. The summed E-state index contributed by atoms with van der Waals surface area (Å²) in [5, 5.41) is 9.02. The van der Waals surface area contributed by atoms with Crippen molar-refractivity contribution < 1.29 is 22.3 Å². The van der Waals surface area contributed by atoms with Gasteiger partial charge in [-0.15, -0.1) is 0 Å². The van der Waals surface area contributed by atoms with Crippen LogP contribution in [-0.2, 0) is 9.84 Å². The van der Waals surface area contributed by atoms with Crippen LogP contribution in [0.25, 0.3) is 0 Å². The first-order valence-corrected chi connectivity index (χ1v) is 8.48. The first-order valence-electron chi connectivity index (χ1n) is 6.93. The van der Waals surface area contributed by atoms with Crippen molar-refractivity contribution in [2.75, 3.05) is 24.6 Å². The Morgan fingerprint density at radius 1 is 1.33 bits per heavy atom. The number of anilines is 1. The Morgan fingerprint density at radius 2 is 2.05 bits per heavy atom. The zero-order chi connectivity index (χ0) is 15.5. The second-order valence-corrected chi connectivity index (χ2v) is 7.13. The van der Waals surface area contributed by atoms with Gasteiger partial charge in [-0.25, -0.2) is 8.42 Å². The largest absolute Gasteiger partial charge is 0.396 e. The number of alkyl halides is 2. The molecule has 0 amide bonds. The number of para-hydroxylation sites is 1. The van der Waals surface area contributed by atoms with E-state index in [0.29, 0.717) is 25.2 Å². The third kappa shape index (κ3) is 3.52. The van der Waals surface area contributed by atoms with Gasteiger partial charge in [0, 0.05) is 19.7 Å². The fraction of sp³-hybridized carbons (Fsp3) is 0.571. The maximum Gasteiger partial charge on any atom is 0.341 e. The van der Waals surface area contributed by atoms with Crippen molar-refractivity contribution in [2.24, 2.45) is 5.92 Å². The molecular formula is C14H19F2NO3S. The van der Waals surface area contributed by atoms with Crippen LogP contribution in [-0.4, -0.2) is 39.0 Å². The summed E-state index contributed by atoms with van der Waals surface area (Å²) in [4.78, 5) is 1.52. The minimum Gasteiger partial charge on any atom is -0.396 e. The summed E-state index contributed by atoms with van der Waals surface area (Å²) in [6, 6.07) is 5.90. The first kappa shape index (κ1) is 16.2. The fourth-order valence-electron chi connectivity index (χ4n) is 2.76. The van der Waals surface area contributed by atoms with Crippen molar-refractivity contribution in [3.8, 4) is 0 Å². The van der Waals surface area contributed by atoms with Gasteiger partial charge in [-0.3, -0.25) is 0 Å². The van der Waals surface area contributed by atoms with Crippen molar-refractivity contribution in [3.63, 3.8) is 0 Å². The summed E-state index contributed by atoms with van der Waals surface area (Å²) in [7, 11) is -4.61. The molecule has 1 aliphatic heterocycles. The molecule has 0 radical (unpaired) electrons. The minimum atomic E-state index is -4.61. The molecule has 0 aromatic heterocycles. The van der Waals surface area contributed by atoms with Gasteiger partial charge >= 0.3 is 5.76 Å². The van der Waals surface area contributed by atoms with Crippen LogP contribution < -0.4 is 4.90 Å². The van der Waals surface area contributed by atoms with Gasteiger partial charge in [0.25, 0.3) is 0 Å². The van der Waals surface area contributed by atoms with E-state index in [1.54, 1.807) is 12.1 Å². The summed E-state index contributed by atoms with van der Waals surface area (Å²) in [5.74, 6) is -3.16. The van der Waals surface area contributed by atoms with Gasteiger partial charge in [0.1, 0.15) is 0 Å². The van der Waals surface area contributed by atoms with Gasteiger partial charge in [-0.2, -0.15) is 8.78 Å². The lowest BCUT2D eigenvalue weighted by Crippen LogP contribution is -2.36. The Hall–Kier alpha value is -1.21. The second kappa shape index (κ2) is 6.70. The predicted octanol–water partition coefficient (Wildman–Crippen LogP) is 2.28. The lowest BCUT2D eigenvalue weighted by molar-refractivity contribution is 0.234. The van der Waals surface area contributed by atoms with E-state index in [-0.39, 0.29) is 17.4 Å². The number of aliphatic hydroxyl groups excluding tert-OH is 1. The third-order valence-corrected chi connectivity index (χ3v) is 5.23. The van der Waals surface area contributed by atoms with Crippen molar-refractivity contribution in [1.29, 1.82) is 0 Å². The highest BCUT2D eigenvalue weighted by molar-refractivity contribution is 7.91. The standard InChI is InChI=1S/C14H19F2NO3S/c15-14(16)21(19,20)13-6-2-1-5-12(13)17-8-3-4-11(10-17)7-9-18/h1-2,5-6,11,14,18H,3-4,7-10H2. The Morgan fingerprint density at radius 3 is 2.71 bits per heavy atom. The van der Waals surface area contributed by atoms with E-state index in [1.165, 1.54) is 12.1 Å². The average molecular weight is 319 g/mol. The molecule has 2 rings (SSSR count). The van der Waals surface area contributed by atoms with E-state index >= 15 is 0 Å². The van der Waals surface area contributed by atoms with E-state index in [2.05, 4.69) is 0 Å². The van der Waals surface area contributed by atoms with Crippen molar-refractivity contribution in [2.45, 2.75) is 29.9 Å². The van der Waals surface area contributed by atoms with Crippen LogP contribution in [0.4, 0.5) is 14.5 Å². The molecule has 1 aromatic carbocycles. The predicted molar refractivity (Wildman–Crippen MR) is 76.3 cm³/mol. The van der Waals surface area contributed by atoms with Crippen molar-refractivity contribution in [3.05, 3.63) is 24.3 Å². The fourth-order valence-corrected chi connectivity index (χ4v) is 3.71. The Kier molecular flexibility index (Phi) is 5.16. The molecule has 4 nitrogen and oxygen atoms in total. The van der Waals surface area contributed by atoms with E-state index in [0.717, 1.165) is 12.8 Å². The highest BCUT2D eigenvalue weighted by atomic mass is 32.2. The average Bonchev–Trinajstić information content (AvgIpc) is 2.48. The minimum absolute atomic E-state index is 0.0789. The first-order chi connectivity index (χ1) is 9.96. The summed E-state index contributed by atoms with van der Waals surface area (Å²) >= 11 is 0.